The molecule has 1 aromatic rings. The fourth-order valence-corrected chi connectivity index (χ4v) is 4.27. The first kappa shape index (κ1) is 34.0. The summed E-state index contributed by atoms with van der Waals surface area (Å²) in [6.07, 6.45) is -18.8. The summed E-state index contributed by atoms with van der Waals surface area (Å²) >= 11 is 0. The van der Waals surface area contributed by atoms with Gasteiger partial charge in [0, 0.05) is 29.0 Å². The number of phenolic OH excluding ortho intramolecular Hbond substituents is 1. The second-order valence-electron chi connectivity index (χ2n) is 9.33. The number of carbonyl (C=O) groups is 2. The summed E-state index contributed by atoms with van der Waals surface area (Å²) in [5.41, 5.74) is -5.14. The molecule has 0 amide bonds. The minimum Gasteiger partial charge on any atom is -0.507 e. The number of anilines is 1. The van der Waals surface area contributed by atoms with Gasteiger partial charge in [-0.2, -0.15) is 52.7 Å². The van der Waals surface area contributed by atoms with E-state index in [2.05, 4.69) is 0 Å². The van der Waals surface area contributed by atoms with Gasteiger partial charge >= 0.3 is 24.7 Å². The van der Waals surface area contributed by atoms with Crippen molar-refractivity contribution in [3.63, 3.8) is 0 Å². The second-order valence-corrected chi connectivity index (χ2v) is 9.33. The van der Waals surface area contributed by atoms with E-state index < -0.39 is 113 Å². The zero-order chi connectivity index (χ0) is 33.6. The Hall–Kier alpha value is -4.45. The number of alkyl halides is 12. The molecule has 0 aliphatic heterocycles. The third kappa shape index (κ3) is 8.34. The van der Waals surface area contributed by atoms with Crippen molar-refractivity contribution in [3.8, 4) is 5.75 Å². The molecular weight excluding hydrogens is 636 g/mol. The Balaban J connectivity index is 2.09. The van der Waals surface area contributed by atoms with Crippen molar-refractivity contribution in [2.24, 2.45) is 0 Å². The van der Waals surface area contributed by atoms with E-state index in [-0.39, 0.29) is 9.48 Å². The number of hydrogen-bond acceptors (Lipinski definition) is 6. The summed E-state index contributed by atoms with van der Waals surface area (Å²) in [7, 11) is 0. The largest absolute Gasteiger partial charge is 0.507 e. The Labute approximate surface area is 237 Å². The molecule has 7 nitrogen and oxygen atoms in total. The molecule has 3 rings (SSSR count). The highest BCUT2D eigenvalue weighted by Gasteiger charge is 2.44. The molecule has 19 heteroatoms. The van der Waals surface area contributed by atoms with Gasteiger partial charge in [-0.1, -0.05) is 0 Å². The van der Waals surface area contributed by atoms with Gasteiger partial charge in [0.15, 0.2) is 0 Å². The number of hydrogen-bond donors (Lipinski definition) is 3. The lowest BCUT2D eigenvalue weighted by atomic mass is 9.98. The zero-order valence-corrected chi connectivity index (χ0v) is 21.4. The van der Waals surface area contributed by atoms with Crippen LogP contribution in [0.25, 0.3) is 5.57 Å². The summed E-state index contributed by atoms with van der Waals surface area (Å²) in [6, 6.07) is 1.63. The van der Waals surface area contributed by atoms with Gasteiger partial charge in [0.25, 0.3) is 0 Å². The molecule has 1 aromatic carbocycles. The monoisotopic (exact) mass is 653 g/mol. The number of nitrogens with zero attached hydrogens (tertiary/aromatic N) is 2. The van der Waals surface area contributed by atoms with Gasteiger partial charge in [0.2, 0.25) is 30.4 Å². The van der Waals surface area contributed by atoms with Crippen LogP contribution >= 0.6 is 0 Å². The molecule has 0 aromatic heterocycles. The topological polar surface area (TPSA) is 101 Å². The molecule has 3 N–H and O–H groups in total. The first-order chi connectivity index (χ1) is 19.9. The fraction of sp³-hybridized carbons (Fsp3) is 0.320. The number of allylic oxidation sites excluding steroid dienone is 5. The number of aromatic hydroxyl groups is 1. The van der Waals surface area contributed by atoms with E-state index in [0.29, 0.717) is 36.4 Å². The number of aliphatic hydroxyl groups excluding tert-OH is 2. The van der Waals surface area contributed by atoms with Gasteiger partial charge < -0.3 is 20.2 Å². The van der Waals surface area contributed by atoms with Crippen LogP contribution < -0.4 is 4.90 Å². The van der Waals surface area contributed by atoms with Crippen LogP contribution in [-0.4, -0.2) is 88.1 Å². The maximum Gasteiger partial charge on any atom is 0.448 e. The van der Waals surface area contributed by atoms with Crippen molar-refractivity contribution in [1.29, 1.82) is 0 Å². The third-order valence-corrected chi connectivity index (χ3v) is 5.85. The highest BCUT2D eigenvalue weighted by Crippen LogP contribution is 2.40. The maximum absolute atomic E-state index is 12.9. The molecule has 2 aliphatic carbocycles. The number of Topliss-reactive ketones (excluding diaryl/α,β-unsaturated/α-hetero) is 2. The highest BCUT2D eigenvalue weighted by molar-refractivity contribution is 6.63. The maximum atomic E-state index is 12.9. The predicted octanol–water partition coefficient (Wildman–Crippen LogP) is 5.63. The minimum atomic E-state index is -5.12. The molecule has 2 aliphatic rings. The van der Waals surface area contributed by atoms with Crippen LogP contribution in [0.4, 0.5) is 58.4 Å². The Bertz CT molecular complexity index is 1490. The Kier molecular flexibility index (Phi) is 8.95. The smallest absolute Gasteiger partial charge is 0.448 e. The normalized spacial score (nSPS) is 18.4. The van der Waals surface area contributed by atoms with Crippen molar-refractivity contribution >= 4 is 28.5 Å². The standard InChI is InChI=1S/C25H16F12N2O5/c26-22(27,28)7-38(8-23(29,30)31)11-1-3-13(15(40)5-11)17-19(42)18(21(44)20(17)43)14-4-2-12(6-16(14)41)39(9-24(32,33)34)10-25(35,36)37/h1-6H,7-10H2,(H2,40,41,42,43,44)/p+1. The van der Waals surface area contributed by atoms with Gasteiger partial charge in [-0.25, -0.2) is 4.58 Å². The summed E-state index contributed by atoms with van der Waals surface area (Å²) in [5.74, 6) is -6.74. The second kappa shape index (κ2) is 11.6. The third-order valence-electron chi connectivity index (χ3n) is 5.85. The molecule has 0 spiro atoms. The molecule has 240 valence electrons. The van der Waals surface area contributed by atoms with Gasteiger partial charge in [0.1, 0.15) is 30.4 Å². The SMILES string of the molecule is O=C1C(=O)/C(=C2/C=CC(=[N+](CC(F)(F)F)CC(F)(F)F)C=C2O)C(O)=C1c1ccc(N(CC(F)(F)F)CC(F)(F)F)cc1O. The van der Waals surface area contributed by atoms with E-state index >= 15 is 0 Å². The van der Waals surface area contributed by atoms with Crippen LogP contribution in [0.1, 0.15) is 5.56 Å². The molecule has 0 saturated carbocycles. The number of halogens is 12. The van der Waals surface area contributed by atoms with E-state index in [0.717, 1.165) is 0 Å². The molecule has 0 bridgehead atoms. The van der Waals surface area contributed by atoms with Crippen LogP contribution in [-0.2, 0) is 9.59 Å². The first-order valence-electron chi connectivity index (χ1n) is 11.7. The van der Waals surface area contributed by atoms with Gasteiger partial charge in [0.05, 0.1) is 17.2 Å². The van der Waals surface area contributed by atoms with Crippen molar-refractivity contribution in [3.05, 3.63) is 64.7 Å². The summed E-state index contributed by atoms with van der Waals surface area (Å²) in [4.78, 5) is 25.2. The molecule has 0 atom stereocenters. The van der Waals surface area contributed by atoms with Crippen molar-refractivity contribution < 1.29 is 82.2 Å². The molecular formula is C25H17F12N2O5+. The lowest BCUT2D eigenvalue weighted by molar-refractivity contribution is -0.582. The summed E-state index contributed by atoms with van der Waals surface area (Å²) in [5, 5.41) is 31.4. The van der Waals surface area contributed by atoms with Crippen LogP contribution in [0.5, 0.6) is 5.75 Å². The molecule has 0 heterocycles. The summed E-state index contributed by atoms with van der Waals surface area (Å²) in [6.45, 7) is -8.42. The van der Waals surface area contributed by atoms with E-state index in [4.69, 9.17) is 0 Å². The number of aliphatic hydroxyl groups is 2. The van der Waals surface area contributed by atoms with E-state index in [1.807, 2.05) is 0 Å². The average Bonchev–Trinajstić information content (AvgIpc) is 3.02. The number of benzene rings is 1. The molecule has 0 unspecified atom stereocenters. The van der Waals surface area contributed by atoms with Gasteiger partial charge in [-0.15, -0.1) is 0 Å². The quantitative estimate of drug-likeness (QED) is 0.159. The summed E-state index contributed by atoms with van der Waals surface area (Å²) < 4.78 is 154. The fourth-order valence-electron chi connectivity index (χ4n) is 4.27. The van der Waals surface area contributed by atoms with E-state index in [1.165, 1.54) is 0 Å². The van der Waals surface area contributed by atoms with Crippen LogP contribution in [0.3, 0.4) is 0 Å². The van der Waals surface area contributed by atoms with Gasteiger partial charge in [-0.3, -0.25) is 9.59 Å². The Morgan fingerprint density at radius 2 is 1.18 bits per heavy atom. The van der Waals surface area contributed by atoms with Gasteiger partial charge in [-0.05, 0) is 18.2 Å². The molecule has 44 heavy (non-hydrogen) atoms. The predicted molar refractivity (Wildman–Crippen MR) is 126 cm³/mol. The van der Waals surface area contributed by atoms with Crippen molar-refractivity contribution in [2.45, 2.75) is 24.7 Å². The number of ketones is 2. The molecule has 0 saturated heterocycles. The van der Waals surface area contributed by atoms with Crippen molar-refractivity contribution in [2.75, 3.05) is 31.1 Å². The zero-order valence-electron chi connectivity index (χ0n) is 21.4. The Morgan fingerprint density at radius 3 is 1.61 bits per heavy atom. The number of rotatable bonds is 6. The van der Waals surface area contributed by atoms with Crippen LogP contribution in [0.15, 0.2) is 59.1 Å². The average molecular weight is 653 g/mol. The number of carbonyl (C=O) groups excluding carboxylic acids is 2. The van der Waals surface area contributed by atoms with Crippen LogP contribution in [0, 0.1) is 0 Å². The lowest BCUT2D eigenvalue weighted by Gasteiger charge is -2.27. The van der Waals surface area contributed by atoms with Crippen molar-refractivity contribution in [1.82, 2.24) is 0 Å². The van der Waals surface area contributed by atoms with E-state index in [1.54, 1.807) is 0 Å². The highest BCUT2D eigenvalue weighted by atomic mass is 19.4. The number of phenols is 1. The van der Waals surface area contributed by atoms with Crippen LogP contribution in [0.2, 0.25) is 0 Å². The minimum absolute atomic E-state index is 0.197. The lowest BCUT2D eigenvalue weighted by Crippen LogP contribution is -2.40. The molecule has 0 fully saturated rings. The first-order valence-corrected chi connectivity index (χ1v) is 11.7. The molecule has 0 radical (unpaired) electrons. The van der Waals surface area contributed by atoms with E-state index in [9.17, 15) is 77.6 Å². The Morgan fingerprint density at radius 1 is 0.682 bits per heavy atom.